The van der Waals surface area contributed by atoms with Gasteiger partial charge in [0.05, 0.1) is 0 Å². The summed E-state index contributed by atoms with van der Waals surface area (Å²) in [6.45, 7) is 3.41. The molecule has 0 radical (unpaired) electrons. The zero-order valence-electron chi connectivity index (χ0n) is 11.9. The lowest BCUT2D eigenvalue weighted by Gasteiger charge is -2.24. The minimum Gasteiger partial charge on any atom is -0.303 e. The highest BCUT2D eigenvalue weighted by Crippen LogP contribution is 2.08. The average Bonchev–Trinajstić information content (AvgIpc) is 2.47. The van der Waals surface area contributed by atoms with E-state index in [9.17, 15) is 0 Å². The van der Waals surface area contributed by atoms with Gasteiger partial charge in [0.25, 0.3) is 0 Å². The number of hydrogen-bond acceptors (Lipinski definition) is 1. The van der Waals surface area contributed by atoms with Crippen molar-refractivity contribution in [1.29, 1.82) is 0 Å². The maximum absolute atomic E-state index is 2.44. The highest BCUT2D eigenvalue weighted by molar-refractivity contribution is 5.16. The van der Waals surface area contributed by atoms with E-state index < -0.39 is 0 Å². The Morgan fingerprint density at radius 1 is 0.842 bits per heavy atom. The largest absolute Gasteiger partial charge is 0.303 e. The Morgan fingerprint density at radius 3 is 1.95 bits per heavy atom. The molecule has 2 aromatic rings. The molecular weight excluding hydrogens is 230 g/mol. The quantitative estimate of drug-likeness (QED) is 0.757. The Labute approximate surface area is 116 Å². The molecule has 0 N–H and O–H groups in total. The molecule has 0 aliphatic heterocycles. The molecule has 19 heavy (non-hydrogen) atoms. The number of nitrogens with zero attached hydrogens (tertiary/aromatic N) is 1. The van der Waals surface area contributed by atoms with Crippen molar-refractivity contribution >= 4 is 0 Å². The van der Waals surface area contributed by atoms with Crippen molar-refractivity contribution in [2.24, 2.45) is 0 Å². The minimum atomic E-state index is 0.575. The summed E-state index contributed by atoms with van der Waals surface area (Å²) in [7, 11) is 2.22. The van der Waals surface area contributed by atoms with Crippen molar-refractivity contribution in [3.8, 4) is 0 Å². The highest BCUT2D eigenvalue weighted by Gasteiger charge is 2.09. The average molecular weight is 253 g/mol. The second-order valence-electron chi connectivity index (χ2n) is 5.25. The van der Waals surface area contributed by atoms with Gasteiger partial charge in [0, 0.05) is 12.6 Å². The predicted octanol–water partition coefficient (Wildman–Crippen LogP) is 3.79. The molecule has 0 aromatic heterocycles. The van der Waals surface area contributed by atoms with Crippen molar-refractivity contribution in [2.45, 2.75) is 25.8 Å². The molecule has 0 saturated heterocycles. The standard InChI is InChI=1S/C18H23N/c1-16(15-18-11-7-4-8-12-18)19(2)14-13-17-9-5-3-6-10-17/h3-12,16H,13-15H2,1-2H3. The summed E-state index contributed by atoms with van der Waals surface area (Å²) in [4.78, 5) is 2.44. The summed E-state index contributed by atoms with van der Waals surface area (Å²) in [6, 6.07) is 22.0. The molecule has 0 fully saturated rings. The molecule has 0 aliphatic rings. The van der Waals surface area contributed by atoms with Crippen molar-refractivity contribution in [3.05, 3.63) is 71.8 Å². The lowest BCUT2D eigenvalue weighted by Crippen LogP contribution is -2.32. The van der Waals surface area contributed by atoms with Crippen molar-refractivity contribution in [3.63, 3.8) is 0 Å². The number of hydrogen-bond donors (Lipinski definition) is 0. The monoisotopic (exact) mass is 253 g/mol. The normalized spacial score (nSPS) is 12.6. The maximum atomic E-state index is 2.44. The summed E-state index contributed by atoms with van der Waals surface area (Å²) < 4.78 is 0. The Hall–Kier alpha value is -1.60. The molecule has 0 saturated carbocycles. The molecule has 2 aromatic carbocycles. The third-order valence-electron chi connectivity index (χ3n) is 3.72. The van der Waals surface area contributed by atoms with Crippen LogP contribution in [0.15, 0.2) is 60.7 Å². The number of likely N-dealkylation sites (N-methyl/N-ethyl adjacent to an activating group) is 1. The Bertz CT molecular complexity index is 464. The first-order valence-electron chi connectivity index (χ1n) is 7.04. The molecule has 100 valence electrons. The predicted molar refractivity (Wildman–Crippen MR) is 82.4 cm³/mol. The van der Waals surface area contributed by atoms with Gasteiger partial charge in [0.2, 0.25) is 0 Å². The van der Waals surface area contributed by atoms with Crippen LogP contribution in [-0.2, 0) is 12.8 Å². The van der Waals surface area contributed by atoms with E-state index in [0.29, 0.717) is 6.04 Å². The molecule has 0 heterocycles. The third-order valence-corrected chi connectivity index (χ3v) is 3.72. The van der Waals surface area contributed by atoms with E-state index >= 15 is 0 Å². The van der Waals surface area contributed by atoms with Gasteiger partial charge in [-0.3, -0.25) is 0 Å². The Morgan fingerprint density at radius 2 is 1.37 bits per heavy atom. The van der Waals surface area contributed by atoms with E-state index in [0.717, 1.165) is 19.4 Å². The Kier molecular flexibility index (Phi) is 5.17. The van der Waals surface area contributed by atoms with Gasteiger partial charge in [0.15, 0.2) is 0 Å². The first-order valence-corrected chi connectivity index (χ1v) is 7.04. The number of rotatable bonds is 6. The van der Waals surface area contributed by atoms with E-state index in [1.807, 2.05) is 0 Å². The zero-order valence-corrected chi connectivity index (χ0v) is 11.9. The van der Waals surface area contributed by atoms with Crippen LogP contribution in [0.4, 0.5) is 0 Å². The molecule has 1 atom stereocenters. The third kappa shape index (κ3) is 4.53. The molecule has 1 heteroatoms. The van der Waals surface area contributed by atoms with Gasteiger partial charge < -0.3 is 4.90 Å². The van der Waals surface area contributed by atoms with Crippen LogP contribution >= 0.6 is 0 Å². The van der Waals surface area contributed by atoms with Gasteiger partial charge >= 0.3 is 0 Å². The lowest BCUT2D eigenvalue weighted by molar-refractivity contribution is 0.259. The SMILES string of the molecule is CC(Cc1ccccc1)N(C)CCc1ccccc1. The van der Waals surface area contributed by atoms with Gasteiger partial charge in [-0.05, 0) is 37.9 Å². The second-order valence-corrected chi connectivity index (χ2v) is 5.25. The van der Waals surface area contributed by atoms with Gasteiger partial charge in [0.1, 0.15) is 0 Å². The van der Waals surface area contributed by atoms with Gasteiger partial charge in [-0.15, -0.1) is 0 Å². The molecule has 2 rings (SSSR count). The molecular formula is C18H23N. The summed E-state index contributed by atoms with van der Waals surface area (Å²) in [5.74, 6) is 0. The summed E-state index contributed by atoms with van der Waals surface area (Å²) in [5.41, 5.74) is 2.84. The fourth-order valence-corrected chi connectivity index (χ4v) is 2.28. The van der Waals surface area contributed by atoms with Crippen LogP contribution < -0.4 is 0 Å². The van der Waals surface area contributed by atoms with Crippen LogP contribution in [0.2, 0.25) is 0 Å². The molecule has 0 amide bonds. The topological polar surface area (TPSA) is 3.24 Å². The van der Waals surface area contributed by atoms with Gasteiger partial charge in [-0.25, -0.2) is 0 Å². The number of benzene rings is 2. The van der Waals surface area contributed by atoms with Crippen LogP contribution in [0.5, 0.6) is 0 Å². The van der Waals surface area contributed by atoms with E-state index in [-0.39, 0.29) is 0 Å². The van der Waals surface area contributed by atoms with E-state index in [2.05, 4.69) is 79.5 Å². The van der Waals surface area contributed by atoms with Crippen molar-refractivity contribution < 1.29 is 0 Å². The molecule has 1 unspecified atom stereocenters. The van der Waals surface area contributed by atoms with Crippen molar-refractivity contribution in [1.82, 2.24) is 4.90 Å². The summed E-state index contributed by atoms with van der Waals surface area (Å²) in [5, 5.41) is 0. The first-order chi connectivity index (χ1) is 9.25. The lowest BCUT2D eigenvalue weighted by atomic mass is 10.1. The highest BCUT2D eigenvalue weighted by atomic mass is 15.1. The molecule has 1 nitrogen and oxygen atoms in total. The Balaban J connectivity index is 1.81. The smallest absolute Gasteiger partial charge is 0.0104 e. The van der Waals surface area contributed by atoms with Crippen LogP contribution in [0.3, 0.4) is 0 Å². The maximum Gasteiger partial charge on any atom is 0.0104 e. The van der Waals surface area contributed by atoms with E-state index in [1.165, 1.54) is 11.1 Å². The fraction of sp³-hybridized carbons (Fsp3) is 0.333. The molecule has 0 aliphatic carbocycles. The van der Waals surface area contributed by atoms with Crippen molar-refractivity contribution in [2.75, 3.05) is 13.6 Å². The first kappa shape index (κ1) is 13.8. The molecule has 0 spiro atoms. The molecule has 0 bridgehead atoms. The summed E-state index contributed by atoms with van der Waals surface area (Å²) >= 11 is 0. The van der Waals surface area contributed by atoms with Gasteiger partial charge in [-0.2, -0.15) is 0 Å². The second kappa shape index (κ2) is 7.10. The van der Waals surface area contributed by atoms with Crippen LogP contribution in [0, 0.1) is 0 Å². The fourth-order valence-electron chi connectivity index (χ4n) is 2.28. The van der Waals surface area contributed by atoms with Gasteiger partial charge in [-0.1, -0.05) is 60.7 Å². The van der Waals surface area contributed by atoms with E-state index in [1.54, 1.807) is 0 Å². The van der Waals surface area contributed by atoms with E-state index in [4.69, 9.17) is 0 Å². The zero-order chi connectivity index (χ0) is 13.5. The van der Waals surface area contributed by atoms with Crippen LogP contribution in [0.1, 0.15) is 18.1 Å². The minimum absolute atomic E-state index is 0.575. The van der Waals surface area contributed by atoms with Crippen LogP contribution in [-0.4, -0.2) is 24.5 Å². The summed E-state index contributed by atoms with van der Waals surface area (Å²) in [6.07, 6.45) is 2.24. The van der Waals surface area contributed by atoms with Crippen LogP contribution in [0.25, 0.3) is 0 Å².